The van der Waals surface area contributed by atoms with Gasteiger partial charge >= 0.3 is 6.01 Å². The summed E-state index contributed by atoms with van der Waals surface area (Å²) in [4.78, 5) is 8.30. The summed E-state index contributed by atoms with van der Waals surface area (Å²) in [6.45, 7) is 7.48. The summed E-state index contributed by atoms with van der Waals surface area (Å²) in [5.74, 6) is 0.636. The minimum absolute atomic E-state index is 0.370. The Bertz CT molecular complexity index is 371. The third-order valence-electron chi connectivity index (χ3n) is 2.67. The fourth-order valence-electron chi connectivity index (χ4n) is 1.96. The lowest BCUT2D eigenvalue weighted by atomic mass is 9.99. The van der Waals surface area contributed by atoms with Gasteiger partial charge in [0.2, 0.25) is 0 Å². The van der Waals surface area contributed by atoms with E-state index in [0.717, 1.165) is 25.1 Å². The molecular weight excluding hydrogens is 250 g/mol. The second-order valence-electron chi connectivity index (χ2n) is 4.74. The molecule has 0 bridgehead atoms. The summed E-state index contributed by atoms with van der Waals surface area (Å²) in [5.41, 5.74) is 0.843. The second-order valence-corrected chi connectivity index (χ2v) is 5.15. The van der Waals surface area contributed by atoms with E-state index in [0.29, 0.717) is 23.0 Å². The second kappa shape index (κ2) is 7.54. The summed E-state index contributed by atoms with van der Waals surface area (Å²) in [6, 6.07) is 0.751. The predicted octanol–water partition coefficient (Wildman–Crippen LogP) is 2.71. The smallest absolute Gasteiger partial charge is 0.316 e. The highest BCUT2D eigenvalue weighted by Gasteiger charge is 2.14. The molecule has 0 fully saturated rings. The van der Waals surface area contributed by atoms with E-state index < -0.39 is 0 Å². The van der Waals surface area contributed by atoms with Crippen molar-refractivity contribution in [2.24, 2.45) is 5.92 Å². The van der Waals surface area contributed by atoms with Crippen molar-refractivity contribution in [3.8, 4) is 6.01 Å². The lowest BCUT2D eigenvalue weighted by Gasteiger charge is -2.20. The van der Waals surface area contributed by atoms with Crippen LogP contribution in [-0.4, -0.2) is 29.7 Å². The van der Waals surface area contributed by atoms with Gasteiger partial charge in [0.1, 0.15) is 0 Å². The zero-order valence-electron chi connectivity index (χ0n) is 11.5. The van der Waals surface area contributed by atoms with Crippen molar-refractivity contribution in [2.45, 2.75) is 39.7 Å². The van der Waals surface area contributed by atoms with Crippen LogP contribution >= 0.6 is 11.6 Å². The van der Waals surface area contributed by atoms with Crippen LogP contribution in [0.5, 0.6) is 6.01 Å². The van der Waals surface area contributed by atoms with E-state index in [2.05, 4.69) is 36.1 Å². The molecule has 0 aromatic carbocycles. The van der Waals surface area contributed by atoms with Gasteiger partial charge in [0.15, 0.2) is 0 Å². The Labute approximate surface area is 114 Å². The molecule has 4 nitrogen and oxygen atoms in total. The molecule has 0 saturated heterocycles. The first kappa shape index (κ1) is 15.2. The van der Waals surface area contributed by atoms with Crippen LogP contribution in [0.3, 0.4) is 0 Å². The lowest BCUT2D eigenvalue weighted by Crippen LogP contribution is -2.32. The Morgan fingerprint density at radius 2 is 2.17 bits per heavy atom. The van der Waals surface area contributed by atoms with Crippen LogP contribution in [-0.2, 0) is 6.42 Å². The lowest BCUT2D eigenvalue weighted by molar-refractivity contribution is 0.374. The normalized spacial score (nSPS) is 12.8. The highest BCUT2D eigenvalue weighted by molar-refractivity contribution is 6.31. The number of methoxy groups -OCH3 is 1. The number of nitrogens with one attached hydrogen (secondary N) is 1. The van der Waals surface area contributed by atoms with Crippen molar-refractivity contribution in [3.63, 3.8) is 0 Å². The van der Waals surface area contributed by atoms with Crippen LogP contribution in [0.1, 0.15) is 32.9 Å². The van der Waals surface area contributed by atoms with E-state index in [9.17, 15) is 0 Å². The minimum Gasteiger partial charge on any atom is -0.467 e. The van der Waals surface area contributed by atoms with Gasteiger partial charge in [0, 0.05) is 12.5 Å². The van der Waals surface area contributed by atoms with Gasteiger partial charge < -0.3 is 10.1 Å². The number of rotatable bonds is 7. The molecule has 102 valence electrons. The average molecular weight is 272 g/mol. The van der Waals surface area contributed by atoms with Crippen LogP contribution in [0.4, 0.5) is 0 Å². The molecule has 0 aliphatic rings. The quantitative estimate of drug-likeness (QED) is 0.828. The van der Waals surface area contributed by atoms with Crippen molar-refractivity contribution in [1.29, 1.82) is 0 Å². The van der Waals surface area contributed by atoms with Crippen molar-refractivity contribution < 1.29 is 4.74 Å². The molecule has 0 radical (unpaired) electrons. The van der Waals surface area contributed by atoms with Crippen molar-refractivity contribution in [3.05, 3.63) is 16.9 Å². The molecule has 0 amide bonds. The molecule has 0 spiro atoms. The maximum Gasteiger partial charge on any atom is 0.316 e. The maximum absolute atomic E-state index is 6.13. The maximum atomic E-state index is 6.13. The zero-order valence-corrected chi connectivity index (χ0v) is 12.3. The molecule has 1 heterocycles. The zero-order chi connectivity index (χ0) is 13.5. The Kier molecular flexibility index (Phi) is 6.36. The summed E-state index contributed by atoms with van der Waals surface area (Å²) < 4.78 is 5.03. The van der Waals surface area contributed by atoms with Gasteiger partial charge in [0.25, 0.3) is 0 Å². The fourth-order valence-corrected chi connectivity index (χ4v) is 2.12. The summed E-state index contributed by atoms with van der Waals surface area (Å²) in [6.07, 6.45) is 3.49. The molecule has 18 heavy (non-hydrogen) atoms. The van der Waals surface area contributed by atoms with Crippen LogP contribution in [0.2, 0.25) is 5.02 Å². The molecule has 0 saturated carbocycles. The topological polar surface area (TPSA) is 47.0 Å². The molecule has 1 atom stereocenters. The van der Waals surface area contributed by atoms with E-state index in [1.807, 2.05) is 0 Å². The SMILES string of the molecule is CCNC(Cc1nc(OC)ncc1Cl)CC(C)C. The van der Waals surface area contributed by atoms with E-state index in [1.165, 1.54) is 0 Å². The van der Waals surface area contributed by atoms with E-state index in [-0.39, 0.29) is 0 Å². The van der Waals surface area contributed by atoms with Crippen LogP contribution in [0.15, 0.2) is 6.20 Å². The molecule has 1 unspecified atom stereocenters. The number of halogens is 1. The van der Waals surface area contributed by atoms with E-state index >= 15 is 0 Å². The highest BCUT2D eigenvalue weighted by Crippen LogP contribution is 2.18. The molecule has 1 N–H and O–H groups in total. The van der Waals surface area contributed by atoms with Gasteiger partial charge in [0.05, 0.1) is 24.0 Å². The Balaban J connectivity index is 2.78. The van der Waals surface area contributed by atoms with Crippen LogP contribution in [0.25, 0.3) is 0 Å². The first-order valence-electron chi connectivity index (χ1n) is 6.35. The van der Waals surface area contributed by atoms with E-state index in [1.54, 1.807) is 13.3 Å². The number of aromatic nitrogens is 2. The molecule has 1 rings (SSSR count). The van der Waals surface area contributed by atoms with Gasteiger partial charge in [-0.1, -0.05) is 32.4 Å². The summed E-state index contributed by atoms with van der Waals surface area (Å²) in [5, 5.41) is 4.07. The van der Waals surface area contributed by atoms with Crippen molar-refractivity contribution >= 4 is 11.6 Å². The van der Waals surface area contributed by atoms with Crippen molar-refractivity contribution in [2.75, 3.05) is 13.7 Å². The van der Waals surface area contributed by atoms with Crippen LogP contribution in [0, 0.1) is 5.92 Å². The summed E-state index contributed by atoms with van der Waals surface area (Å²) in [7, 11) is 1.56. The molecule has 1 aromatic heterocycles. The number of ether oxygens (including phenoxy) is 1. The third-order valence-corrected chi connectivity index (χ3v) is 2.98. The number of hydrogen-bond acceptors (Lipinski definition) is 4. The molecule has 0 aliphatic heterocycles. The molecular formula is C13H22ClN3O. The number of nitrogens with zero attached hydrogens (tertiary/aromatic N) is 2. The molecule has 1 aromatic rings. The highest BCUT2D eigenvalue weighted by atomic mass is 35.5. The Morgan fingerprint density at radius 3 is 2.72 bits per heavy atom. The number of hydrogen-bond donors (Lipinski definition) is 1. The van der Waals surface area contributed by atoms with Gasteiger partial charge in [-0.2, -0.15) is 4.98 Å². The first-order chi connectivity index (χ1) is 8.56. The summed E-state index contributed by atoms with van der Waals surface area (Å²) >= 11 is 6.13. The average Bonchev–Trinajstić information content (AvgIpc) is 2.31. The fraction of sp³-hybridized carbons (Fsp3) is 0.692. The predicted molar refractivity (Wildman–Crippen MR) is 74.2 cm³/mol. The van der Waals surface area contributed by atoms with Crippen molar-refractivity contribution in [1.82, 2.24) is 15.3 Å². The largest absolute Gasteiger partial charge is 0.467 e. The standard InChI is InChI=1S/C13H22ClN3O/c1-5-15-10(6-9(2)3)7-12-11(14)8-16-13(17-12)18-4/h8-10,15H,5-7H2,1-4H3. The third kappa shape index (κ3) is 4.78. The van der Waals surface area contributed by atoms with Crippen LogP contribution < -0.4 is 10.1 Å². The first-order valence-corrected chi connectivity index (χ1v) is 6.73. The minimum atomic E-state index is 0.370. The van der Waals surface area contributed by atoms with Gasteiger partial charge in [-0.25, -0.2) is 4.98 Å². The monoisotopic (exact) mass is 271 g/mol. The van der Waals surface area contributed by atoms with Gasteiger partial charge in [-0.05, 0) is 18.9 Å². The van der Waals surface area contributed by atoms with Gasteiger partial charge in [-0.15, -0.1) is 0 Å². The Morgan fingerprint density at radius 1 is 1.44 bits per heavy atom. The van der Waals surface area contributed by atoms with Gasteiger partial charge in [-0.3, -0.25) is 0 Å². The molecule has 0 aliphatic carbocycles. The Hall–Kier alpha value is -0.870. The number of likely N-dealkylation sites (N-methyl/N-ethyl adjacent to an activating group) is 1. The molecule has 5 heteroatoms. The van der Waals surface area contributed by atoms with E-state index in [4.69, 9.17) is 16.3 Å².